The first-order chi connectivity index (χ1) is 8.34. The summed E-state index contributed by atoms with van der Waals surface area (Å²) in [5.41, 5.74) is 1.31. The van der Waals surface area contributed by atoms with E-state index in [-0.39, 0.29) is 16.3 Å². The van der Waals surface area contributed by atoms with E-state index in [1.807, 2.05) is 6.07 Å². The second-order valence-electron chi connectivity index (χ2n) is 6.14. The molecular weight excluding hydrogens is 249 g/mol. The number of rotatable bonds is 4. The standard InChI is InChI=1S/C15H21ClFN/c1-9(2)18-8-11-14(15(11,3)4)10-5-6-12(16)13(17)7-10/h5-7,9,11,14,18H,8H2,1-4H3. The molecule has 1 nitrogen and oxygen atoms in total. The van der Waals surface area contributed by atoms with Crippen LogP contribution in [0.3, 0.4) is 0 Å². The molecule has 3 heteroatoms. The molecule has 18 heavy (non-hydrogen) atoms. The molecule has 1 aliphatic rings. The van der Waals surface area contributed by atoms with Crippen molar-refractivity contribution < 1.29 is 4.39 Å². The lowest BCUT2D eigenvalue weighted by Crippen LogP contribution is -2.26. The highest BCUT2D eigenvalue weighted by Gasteiger charge is 2.57. The molecule has 0 saturated heterocycles. The Labute approximate surface area is 114 Å². The number of hydrogen-bond donors (Lipinski definition) is 1. The normalized spacial score (nSPS) is 25.5. The minimum Gasteiger partial charge on any atom is -0.314 e. The van der Waals surface area contributed by atoms with Crippen molar-refractivity contribution in [2.75, 3.05) is 6.54 Å². The van der Waals surface area contributed by atoms with Crippen molar-refractivity contribution in [1.29, 1.82) is 0 Å². The summed E-state index contributed by atoms with van der Waals surface area (Å²) in [6.07, 6.45) is 0. The van der Waals surface area contributed by atoms with Gasteiger partial charge in [-0.3, -0.25) is 0 Å². The predicted molar refractivity (Wildman–Crippen MR) is 74.6 cm³/mol. The maximum atomic E-state index is 13.5. The number of benzene rings is 1. The summed E-state index contributed by atoms with van der Waals surface area (Å²) >= 11 is 5.73. The summed E-state index contributed by atoms with van der Waals surface area (Å²) in [7, 11) is 0. The highest BCUT2D eigenvalue weighted by Crippen LogP contribution is 2.64. The molecule has 0 radical (unpaired) electrons. The molecule has 2 atom stereocenters. The fourth-order valence-electron chi connectivity index (χ4n) is 2.86. The van der Waals surface area contributed by atoms with Crippen LogP contribution in [0.25, 0.3) is 0 Å². The van der Waals surface area contributed by atoms with E-state index in [1.54, 1.807) is 12.1 Å². The predicted octanol–water partition coefficient (Wildman–Crippen LogP) is 4.22. The lowest BCUT2D eigenvalue weighted by molar-refractivity contribution is 0.491. The first-order valence-electron chi connectivity index (χ1n) is 6.52. The molecule has 2 rings (SSSR count). The fraction of sp³-hybridized carbons (Fsp3) is 0.600. The maximum Gasteiger partial charge on any atom is 0.142 e. The van der Waals surface area contributed by atoms with Gasteiger partial charge in [-0.15, -0.1) is 0 Å². The van der Waals surface area contributed by atoms with Gasteiger partial charge in [-0.2, -0.15) is 0 Å². The average Bonchev–Trinajstić information content (AvgIpc) is 2.82. The molecular formula is C15H21ClFN. The zero-order valence-electron chi connectivity index (χ0n) is 11.4. The molecule has 0 aromatic heterocycles. The molecule has 1 saturated carbocycles. The van der Waals surface area contributed by atoms with Crippen LogP contribution in [-0.2, 0) is 0 Å². The molecule has 0 amide bonds. The highest BCUT2D eigenvalue weighted by atomic mass is 35.5. The quantitative estimate of drug-likeness (QED) is 0.863. The van der Waals surface area contributed by atoms with E-state index in [0.29, 0.717) is 17.9 Å². The Bertz CT molecular complexity index is 442. The maximum absolute atomic E-state index is 13.5. The first kappa shape index (κ1) is 13.8. The summed E-state index contributed by atoms with van der Waals surface area (Å²) in [4.78, 5) is 0. The van der Waals surface area contributed by atoms with E-state index in [1.165, 1.54) is 0 Å². The third-order valence-electron chi connectivity index (χ3n) is 4.10. The van der Waals surface area contributed by atoms with Gasteiger partial charge < -0.3 is 5.32 Å². The molecule has 1 aliphatic carbocycles. The number of hydrogen-bond acceptors (Lipinski definition) is 1. The van der Waals surface area contributed by atoms with Crippen molar-refractivity contribution in [2.24, 2.45) is 11.3 Å². The molecule has 1 aromatic rings. The number of nitrogens with one attached hydrogen (secondary N) is 1. The molecule has 0 aliphatic heterocycles. The second kappa shape index (κ2) is 4.82. The second-order valence-corrected chi connectivity index (χ2v) is 6.55. The largest absolute Gasteiger partial charge is 0.314 e. The minimum atomic E-state index is -0.313. The number of halogens is 2. The van der Waals surface area contributed by atoms with Crippen LogP contribution in [0.15, 0.2) is 18.2 Å². The molecule has 2 unspecified atom stereocenters. The minimum absolute atomic E-state index is 0.203. The van der Waals surface area contributed by atoms with E-state index in [0.717, 1.165) is 12.1 Å². The van der Waals surface area contributed by atoms with Crippen molar-refractivity contribution in [3.63, 3.8) is 0 Å². The third-order valence-corrected chi connectivity index (χ3v) is 4.41. The van der Waals surface area contributed by atoms with Crippen molar-refractivity contribution >= 4 is 11.6 Å². The lowest BCUT2D eigenvalue weighted by Gasteiger charge is -2.08. The van der Waals surface area contributed by atoms with Gasteiger partial charge in [0.05, 0.1) is 5.02 Å². The average molecular weight is 270 g/mol. The summed E-state index contributed by atoms with van der Waals surface area (Å²) in [5.74, 6) is 0.684. The van der Waals surface area contributed by atoms with Crippen LogP contribution < -0.4 is 5.32 Å². The third kappa shape index (κ3) is 2.55. The smallest absolute Gasteiger partial charge is 0.142 e. The molecule has 1 aromatic carbocycles. The van der Waals surface area contributed by atoms with Gasteiger partial charge in [0.25, 0.3) is 0 Å². The van der Waals surface area contributed by atoms with Gasteiger partial charge >= 0.3 is 0 Å². The van der Waals surface area contributed by atoms with E-state index in [2.05, 4.69) is 33.0 Å². The zero-order valence-corrected chi connectivity index (χ0v) is 12.2. The molecule has 1 N–H and O–H groups in total. The van der Waals surface area contributed by atoms with Crippen molar-refractivity contribution in [1.82, 2.24) is 5.32 Å². The zero-order chi connectivity index (χ0) is 13.5. The van der Waals surface area contributed by atoms with Crippen LogP contribution >= 0.6 is 11.6 Å². The van der Waals surface area contributed by atoms with Gasteiger partial charge in [0.15, 0.2) is 0 Å². The Morgan fingerprint density at radius 1 is 1.39 bits per heavy atom. The van der Waals surface area contributed by atoms with E-state index >= 15 is 0 Å². The Kier molecular flexibility index (Phi) is 3.70. The van der Waals surface area contributed by atoms with Crippen LogP contribution in [0.1, 0.15) is 39.2 Å². The molecule has 100 valence electrons. The van der Waals surface area contributed by atoms with Crippen LogP contribution in [0.2, 0.25) is 5.02 Å². The van der Waals surface area contributed by atoms with Crippen LogP contribution in [0.4, 0.5) is 4.39 Å². The van der Waals surface area contributed by atoms with Gasteiger partial charge in [-0.05, 0) is 41.5 Å². The van der Waals surface area contributed by atoms with Crippen molar-refractivity contribution in [3.8, 4) is 0 Å². The monoisotopic (exact) mass is 269 g/mol. The first-order valence-corrected chi connectivity index (χ1v) is 6.90. The van der Waals surface area contributed by atoms with Gasteiger partial charge in [-0.1, -0.05) is 45.4 Å². The topological polar surface area (TPSA) is 12.0 Å². The van der Waals surface area contributed by atoms with E-state index in [9.17, 15) is 4.39 Å². The Balaban J connectivity index is 2.11. The van der Waals surface area contributed by atoms with Crippen LogP contribution in [0.5, 0.6) is 0 Å². The van der Waals surface area contributed by atoms with Crippen molar-refractivity contribution in [2.45, 2.75) is 39.7 Å². The van der Waals surface area contributed by atoms with Crippen LogP contribution in [-0.4, -0.2) is 12.6 Å². The lowest BCUT2D eigenvalue weighted by atomic mass is 10.0. The Morgan fingerprint density at radius 2 is 2.06 bits per heavy atom. The Hall–Kier alpha value is -0.600. The molecule has 0 bridgehead atoms. The van der Waals surface area contributed by atoms with Gasteiger partial charge in [0, 0.05) is 6.04 Å². The fourth-order valence-corrected chi connectivity index (χ4v) is 2.97. The Morgan fingerprint density at radius 3 is 2.61 bits per heavy atom. The molecule has 0 heterocycles. The summed E-state index contributed by atoms with van der Waals surface area (Å²) in [5, 5.41) is 3.67. The highest BCUT2D eigenvalue weighted by molar-refractivity contribution is 6.30. The molecule has 0 spiro atoms. The SMILES string of the molecule is CC(C)NCC1C(c2ccc(Cl)c(F)c2)C1(C)C. The van der Waals surface area contributed by atoms with Crippen LogP contribution in [0, 0.1) is 17.2 Å². The van der Waals surface area contributed by atoms with Gasteiger partial charge in [0.2, 0.25) is 0 Å². The summed E-state index contributed by atoms with van der Waals surface area (Å²) in [6, 6.07) is 5.69. The van der Waals surface area contributed by atoms with Gasteiger partial charge in [0.1, 0.15) is 5.82 Å². The van der Waals surface area contributed by atoms with Crippen molar-refractivity contribution in [3.05, 3.63) is 34.6 Å². The summed E-state index contributed by atoms with van der Waals surface area (Å²) < 4.78 is 13.5. The van der Waals surface area contributed by atoms with E-state index < -0.39 is 0 Å². The molecule has 1 fully saturated rings. The van der Waals surface area contributed by atoms with Gasteiger partial charge in [-0.25, -0.2) is 4.39 Å². The summed E-state index contributed by atoms with van der Waals surface area (Å²) in [6.45, 7) is 9.77. The van der Waals surface area contributed by atoms with E-state index in [4.69, 9.17) is 11.6 Å².